The van der Waals surface area contributed by atoms with Crippen LogP contribution in [0.25, 0.3) is 0 Å². The van der Waals surface area contributed by atoms with E-state index in [1.54, 1.807) is 37.6 Å². The highest BCUT2D eigenvalue weighted by Crippen LogP contribution is 2.24. The number of hydrogen-bond acceptors (Lipinski definition) is 3. The minimum atomic E-state index is -0.130. The Bertz CT molecular complexity index is 379. The Morgan fingerprint density at radius 1 is 1.50 bits per heavy atom. The van der Waals surface area contributed by atoms with Gasteiger partial charge in [0.25, 0.3) is 0 Å². The molecule has 0 aliphatic carbocycles. The lowest BCUT2D eigenvalue weighted by Crippen LogP contribution is -2.21. The number of amides is 2. The van der Waals surface area contributed by atoms with Crippen LogP contribution in [-0.2, 0) is 14.4 Å². The smallest absolute Gasteiger partial charge is 0.324 e. The summed E-state index contributed by atoms with van der Waals surface area (Å²) in [5, 5.41) is 3.59. The maximum absolute atomic E-state index is 11.3. The topological polar surface area (TPSA) is 58.6 Å². The summed E-state index contributed by atoms with van der Waals surface area (Å²) in [6.45, 7) is 1.75. The van der Waals surface area contributed by atoms with Crippen molar-refractivity contribution in [2.24, 2.45) is 0 Å². The summed E-state index contributed by atoms with van der Waals surface area (Å²) >= 11 is 0. The molecule has 16 heavy (non-hydrogen) atoms. The molecule has 0 aliphatic heterocycles. The van der Waals surface area contributed by atoms with Gasteiger partial charge in [-0.05, 0) is 12.1 Å². The van der Waals surface area contributed by atoms with Gasteiger partial charge in [-0.15, -0.1) is 0 Å². The van der Waals surface area contributed by atoms with E-state index >= 15 is 0 Å². The van der Waals surface area contributed by atoms with Gasteiger partial charge in [0.15, 0.2) is 0 Å². The molecule has 1 aromatic carbocycles. The van der Waals surface area contributed by atoms with Crippen molar-refractivity contribution in [1.29, 1.82) is 0 Å². The molecular weight excluding hydrogens is 208 g/mol. The maximum Gasteiger partial charge on any atom is 0.343 e. The summed E-state index contributed by atoms with van der Waals surface area (Å²) in [6, 6.07) is 6.83. The average Bonchev–Trinajstić information content (AvgIpc) is 2.32. The Kier molecular flexibility index (Phi) is 4.47. The van der Waals surface area contributed by atoms with Gasteiger partial charge in [0.1, 0.15) is 0 Å². The summed E-state index contributed by atoms with van der Waals surface area (Å²) in [5.41, 5.74) is 0.960. The Labute approximate surface area is 94.0 Å². The van der Waals surface area contributed by atoms with Crippen LogP contribution >= 0.6 is 0 Å². The Hall–Kier alpha value is -1.88. The molecule has 85 valence electrons. The summed E-state index contributed by atoms with van der Waals surface area (Å²) < 4.78 is 0. The number of para-hydroxylation sites is 2. The highest BCUT2D eigenvalue weighted by atomic mass is 16.7. The van der Waals surface area contributed by atoms with Gasteiger partial charge < -0.3 is 5.32 Å². The summed E-state index contributed by atoms with van der Waals surface area (Å²) in [5.74, 6) is -0.130. The second-order valence-corrected chi connectivity index (χ2v) is 2.99. The predicted octanol–water partition coefficient (Wildman–Crippen LogP) is 1.47. The third-order valence-corrected chi connectivity index (χ3v) is 1.98. The lowest BCUT2D eigenvalue weighted by atomic mass is 10.2. The first kappa shape index (κ1) is 12.2. The number of nitrogens with one attached hydrogen (secondary N) is 1. The largest absolute Gasteiger partial charge is 0.343 e. The van der Waals surface area contributed by atoms with Crippen molar-refractivity contribution in [3.05, 3.63) is 24.3 Å². The van der Waals surface area contributed by atoms with Crippen molar-refractivity contribution >= 4 is 23.7 Å². The fourth-order valence-corrected chi connectivity index (χ4v) is 1.18. The van der Waals surface area contributed by atoms with E-state index in [1.165, 1.54) is 7.11 Å². The molecule has 0 spiro atoms. The molecule has 0 atom stereocenters. The molecular formula is C11H13N2O3. The molecule has 1 N–H and O–H groups in total. The first-order chi connectivity index (χ1) is 7.72. The molecule has 1 radical (unpaired) electrons. The highest BCUT2D eigenvalue weighted by molar-refractivity contribution is 5.95. The first-order valence-corrected chi connectivity index (χ1v) is 4.83. The summed E-state index contributed by atoms with van der Waals surface area (Å²) in [7, 11) is 1.35. The second kappa shape index (κ2) is 5.87. The zero-order valence-corrected chi connectivity index (χ0v) is 9.19. The van der Waals surface area contributed by atoms with Crippen molar-refractivity contribution in [2.75, 3.05) is 17.5 Å². The molecule has 0 aliphatic rings. The Morgan fingerprint density at radius 3 is 2.75 bits per heavy atom. The number of benzene rings is 1. The van der Waals surface area contributed by atoms with Crippen molar-refractivity contribution in [3.63, 3.8) is 0 Å². The highest BCUT2D eigenvalue weighted by Gasteiger charge is 2.11. The Morgan fingerprint density at radius 2 is 2.19 bits per heavy atom. The molecule has 0 unspecified atom stereocenters. The van der Waals surface area contributed by atoms with E-state index in [1.807, 2.05) is 0 Å². The van der Waals surface area contributed by atoms with E-state index in [2.05, 4.69) is 5.32 Å². The van der Waals surface area contributed by atoms with Gasteiger partial charge in [0.05, 0.1) is 18.5 Å². The van der Waals surface area contributed by atoms with Gasteiger partial charge in [-0.25, -0.2) is 0 Å². The molecule has 0 heterocycles. The quantitative estimate of drug-likeness (QED) is 0.605. The zero-order valence-electron chi connectivity index (χ0n) is 9.19. The molecule has 0 aromatic heterocycles. The zero-order chi connectivity index (χ0) is 12.0. The lowest BCUT2D eigenvalue weighted by molar-refractivity contribution is -0.115. The lowest BCUT2D eigenvalue weighted by Gasteiger charge is -2.16. The minimum Gasteiger partial charge on any atom is -0.324 e. The molecule has 0 saturated heterocycles. The summed E-state index contributed by atoms with van der Waals surface area (Å²) in [6.07, 6.45) is 1.98. The number of hydrogen-bond donors (Lipinski definition) is 1. The van der Waals surface area contributed by atoms with Crippen LogP contribution in [0.1, 0.15) is 13.3 Å². The molecule has 5 nitrogen and oxygen atoms in total. The second-order valence-electron chi connectivity index (χ2n) is 2.99. The minimum absolute atomic E-state index is 0.130. The van der Waals surface area contributed by atoms with E-state index in [0.29, 0.717) is 17.8 Å². The first-order valence-electron chi connectivity index (χ1n) is 4.83. The van der Waals surface area contributed by atoms with E-state index in [9.17, 15) is 9.59 Å². The number of rotatable bonds is 5. The number of carbonyl (C=O) groups excluding carboxylic acids is 2. The fraction of sp³-hybridized carbons (Fsp3) is 0.273. The van der Waals surface area contributed by atoms with E-state index in [-0.39, 0.29) is 5.91 Å². The van der Waals surface area contributed by atoms with Crippen LogP contribution in [0.3, 0.4) is 0 Å². The van der Waals surface area contributed by atoms with Gasteiger partial charge in [0, 0.05) is 6.42 Å². The van der Waals surface area contributed by atoms with E-state index < -0.39 is 0 Å². The Balaban J connectivity index is 2.99. The number of nitrogens with zero attached hydrogens (tertiary/aromatic N) is 1. The standard InChI is InChI=1S/C11H13N2O3/c1-3-11(15)12-9-6-4-5-7-10(9)13(8-14)16-2/h4-7H,3H2,1-2H3,(H,12,15). The molecule has 5 heteroatoms. The van der Waals surface area contributed by atoms with Crippen LogP contribution in [-0.4, -0.2) is 19.4 Å². The third kappa shape index (κ3) is 2.80. The number of carbonyl (C=O) groups is 1. The van der Waals surface area contributed by atoms with Crippen LogP contribution in [0.15, 0.2) is 24.3 Å². The normalized spacial score (nSPS) is 9.62. The molecule has 1 rings (SSSR count). The molecule has 1 aromatic rings. The van der Waals surface area contributed by atoms with E-state index in [4.69, 9.17) is 4.84 Å². The van der Waals surface area contributed by atoms with Gasteiger partial charge in [-0.2, -0.15) is 5.06 Å². The molecule has 0 fully saturated rings. The molecule has 0 saturated carbocycles. The van der Waals surface area contributed by atoms with Crippen molar-refractivity contribution in [3.8, 4) is 0 Å². The van der Waals surface area contributed by atoms with Crippen LogP contribution in [0, 0.1) is 0 Å². The van der Waals surface area contributed by atoms with E-state index in [0.717, 1.165) is 5.06 Å². The van der Waals surface area contributed by atoms with Crippen LogP contribution in [0.4, 0.5) is 11.4 Å². The van der Waals surface area contributed by atoms with Crippen LogP contribution in [0.2, 0.25) is 0 Å². The molecule has 2 amide bonds. The van der Waals surface area contributed by atoms with Crippen LogP contribution in [0.5, 0.6) is 0 Å². The third-order valence-electron chi connectivity index (χ3n) is 1.98. The predicted molar refractivity (Wildman–Crippen MR) is 60.5 cm³/mol. The van der Waals surface area contributed by atoms with Crippen LogP contribution < -0.4 is 10.4 Å². The van der Waals surface area contributed by atoms with Gasteiger partial charge >= 0.3 is 6.41 Å². The van der Waals surface area contributed by atoms with Crippen molar-refractivity contribution in [2.45, 2.75) is 13.3 Å². The van der Waals surface area contributed by atoms with Gasteiger partial charge in [-0.3, -0.25) is 14.4 Å². The van der Waals surface area contributed by atoms with Gasteiger partial charge in [-0.1, -0.05) is 19.1 Å². The molecule has 0 bridgehead atoms. The van der Waals surface area contributed by atoms with Crippen molar-refractivity contribution in [1.82, 2.24) is 0 Å². The number of anilines is 2. The SMILES string of the molecule is CCC(=O)Nc1ccccc1N([C]=O)OC. The maximum atomic E-state index is 11.3. The fourth-order valence-electron chi connectivity index (χ4n) is 1.18. The monoisotopic (exact) mass is 221 g/mol. The number of hydroxylamine groups is 1. The van der Waals surface area contributed by atoms with Gasteiger partial charge in [0.2, 0.25) is 5.91 Å². The van der Waals surface area contributed by atoms with Crippen molar-refractivity contribution < 1.29 is 14.4 Å². The average molecular weight is 221 g/mol. The summed E-state index contributed by atoms with van der Waals surface area (Å²) in [4.78, 5) is 26.7.